The molecule has 2 heterocycles. The molecule has 0 bridgehead atoms. The summed E-state index contributed by atoms with van der Waals surface area (Å²) < 4.78 is 19.0. The third kappa shape index (κ3) is 3.96. The largest absolute Gasteiger partial charge is 0.437 e. The van der Waals surface area contributed by atoms with Crippen molar-refractivity contribution < 1.29 is 13.6 Å². The third-order valence-electron chi connectivity index (χ3n) is 3.25. The Kier molecular flexibility index (Phi) is 5.29. The quantitative estimate of drug-likeness (QED) is 0.606. The number of alkyl halides is 1. The molecule has 3 aromatic rings. The van der Waals surface area contributed by atoms with Crippen LogP contribution in [0.1, 0.15) is 30.2 Å². The number of hydrogen-bond donors (Lipinski definition) is 1. The molecule has 5 nitrogen and oxygen atoms in total. The first kappa shape index (κ1) is 17.8. The van der Waals surface area contributed by atoms with Crippen molar-refractivity contribution in [1.29, 1.82) is 0 Å². The average Bonchev–Trinajstić information content (AvgIpc) is 3.21. The predicted octanol–water partition coefficient (Wildman–Crippen LogP) is 4.64. The lowest BCUT2D eigenvalue weighted by atomic mass is 10.1. The zero-order chi connectivity index (χ0) is 18.0. The molecule has 0 atom stereocenters. The van der Waals surface area contributed by atoms with Gasteiger partial charge >= 0.3 is 0 Å². The van der Waals surface area contributed by atoms with Crippen LogP contribution in [0.2, 0.25) is 0 Å². The van der Waals surface area contributed by atoms with Crippen molar-refractivity contribution in [2.45, 2.75) is 25.2 Å². The van der Waals surface area contributed by atoms with Crippen molar-refractivity contribution in [2.24, 2.45) is 0 Å². The second-order valence-electron chi connectivity index (χ2n) is 5.59. The zero-order valence-corrected chi connectivity index (χ0v) is 15.9. The molecule has 0 aliphatic carbocycles. The van der Waals surface area contributed by atoms with Gasteiger partial charge in [-0.1, -0.05) is 15.9 Å². The highest BCUT2D eigenvalue weighted by molar-refractivity contribution is 9.08. The fraction of sp³-hybridized carbons (Fsp3) is 0.235. The molecule has 3 rings (SSSR count). The van der Waals surface area contributed by atoms with Crippen LogP contribution in [0, 0.1) is 5.82 Å². The van der Waals surface area contributed by atoms with Crippen molar-refractivity contribution in [2.75, 3.05) is 0 Å². The predicted molar refractivity (Wildman–Crippen MR) is 98.2 cm³/mol. The summed E-state index contributed by atoms with van der Waals surface area (Å²) in [6.45, 7) is 3.77. The molecule has 0 aliphatic heterocycles. The summed E-state index contributed by atoms with van der Waals surface area (Å²) >= 11 is 4.62. The molecule has 1 aromatic carbocycles. The number of carbonyl (C=O) groups is 1. The number of halogens is 2. The summed E-state index contributed by atoms with van der Waals surface area (Å²) in [6.07, 6.45) is 0. The number of benzene rings is 1. The van der Waals surface area contributed by atoms with Crippen molar-refractivity contribution in [3.63, 3.8) is 0 Å². The van der Waals surface area contributed by atoms with Gasteiger partial charge in [-0.05, 0) is 38.1 Å². The molecule has 25 heavy (non-hydrogen) atoms. The summed E-state index contributed by atoms with van der Waals surface area (Å²) in [7, 11) is 0. The van der Waals surface area contributed by atoms with E-state index in [0.717, 1.165) is 5.56 Å². The van der Waals surface area contributed by atoms with Crippen LogP contribution in [0.3, 0.4) is 0 Å². The molecule has 0 saturated heterocycles. The molecular weight excluding hydrogens is 409 g/mol. The second kappa shape index (κ2) is 7.45. The Labute approximate surface area is 156 Å². The van der Waals surface area contributed by atoms with Gasteiger partial charge in [-0.25, -0.2) is 14.4 Å². The van der Waals surface area contributed by atoms with E-state index in [-0.39, 0.29) is 17.8 Å². The van der Waals surface area contributed by atoms with Crippen LogP contribution in [0.4, 0.5) is 4.39 Å². The minimum absolute atomic E-state index is 0.0257. The topological polar surface area (TPSA) is 68.0 Å². The van der Waals surface area contributed by atoms with Gasteiger partial charge in [-0.2, -0.15) is 0 Å². The molecule has 0 spiro atoms. The van der Waals surface area contributed by atoms with E-state index in [1.54, 1.807) is 17.5 Å². The first-order chi connectivity index (χ1) is 12.0. The molecule has 1 amide bonds. The standard InChI is InChI=1S/C17H15BrFN3O2S/c1-9(2)20-16(23)12-8-25-17(21-12)15-14(22-13(7-18)24-15)10-3-5-11(19)6-4-10/h3-6,8-9H,7H2,1-2H3,(H,20,23). The van der Waals surface area contributed by atoms with Crippen LogP contribution >= 0.6 is 27.3 Å². The van der Waals surface area contributed by atoms with Crippen LogP contribution in [0.5, 0.6) is 0 Å². The molecule has 130 valence electrons. The number of thiazole rings is 1. The lowest BCUT2D eigenvalue weighted by molar-refractivity contribution is 0.0939. The number of nitrogens with zero attached hydrogens (tertiary/aromatic N) is 2. The maximum absolute atomic E-state index is 13.2. The van der Waals surface area contributed by atoms with Crippen LogP contribution in [0.15, 0.2) is 34.1 Å². The van der Waals surface area contributed by atoms with Crippen LogP contribution < -0.4 is 5.32 Å². The Balaban J connectivity index is 2.00. The smallest absolute Gasteiger partial charge is 0.270 e. The number of aromatic nitrogens is 2. The highest BCUT2D eigenvalue weighted by atomic mass is 79.9. The lowest BCUT2D eigenvalue weighted by Gasteiger charge is -2.05. The summed E-state index contributed by atoms with van der Waals surface area (Å²) in [4.78, 5) is 20.9. The van der Waals surface area contributed by atoms with E-state index in [2.05, 4.69) is 31.2 Å². The van der Waals surface area contributed by atoms with E-state index >= 15 is 0 Å². The van der Waals surface area contributed by atoms with E-state index in [1.165, 1.54) is 23.5 Å². The molecule has 0 aliphatic rings. The fourth-order valence-electron chi connectivity index (χ4n) is 2.19. The maximum Gasteiger partial charge on any atom is 0.270 e. The number of oxazole rings is 1. The molecular formula is C17H15BrFN3O2S. The number of carbonyl (C=O) groups excluding carboxylic acids is 1. The monoisotopic (exact) mass is 423 g/mol. The van der Waals surface area contributed by atoms with E-state index in [0.29, 0.717) is 33.4 Å². The third-order valence-corrected chi connectivity index (χ3v) is 4.58. The van der Waals surface area contributed by atoms with Crippen molar-refractivity contribution >= 4 is 33.2 Å². The number of amides is 1. The highest BCUT2D eigenvalue weighted by Crippen LogP contribution is 2.35. The van der Waals surface area contributed by atoms with Gasteiger partial charge in [0, 0.05) is 17.0 Å². The van der Waals surface area contributed by atoms with Gasteiger partial charge in [0.2, 0.25) is 5.89 Å². The molecule has 0 fully saturated rings. The van der Waals surface area contributed by atoms with Crippen LogP contribution in [-0.4, -0.2) is 21.9 Å². The summed E-state index contributed by atoms with van der Waals surface area (Å²) in [5.74, 6) is 0.393. The molecule has 0 radical (unpaired) electrons. The summed E-state index contributed by atoms with van der Waals surface area (Å²) in [5, 5.41) is 5.47. The Morgan fingerprint density at radius 3 is 2.68 bits per heavy atom. The van der Waals surface area contributed by atoms with E-state index < -0.39 is 0 Å². The second-order valence-corrected chi connectivity index (χ2v) is 7.01. The van der Waals surface area contributed by atoms with Crippen LogP contribution in [0.25, 0.3) is 22.0 Å². The average molecular weight is 424 g/mol. The summed E-state index contributed by atoms with van der Waals surface area (Å²) in [5.41, 5.74) is 1.62. The Morgan fingerprint density at radius 2 is 2.04 bits per heavy atom. The first-order valence-electron chi connectivity index (χ1n) is 7.56. The Morgan fingerprint density at radius 1 is 1.32 bits per heavy atom. The molecule has 1 N–H and O–H groups in total. The summed E-state index contributed by atoms with van der Waals surface area (Å²) in [6, 6.07) is 6.02. The van der Waals surface area contributed by atoms with Crippen molar-refractivity contribution in [3.8, 4) is 22.0 Å². The van der Waals surface area contributed by atoms with E-state index in [9.17, 15) is 9.18 Å². The van der Waals surface area contributed by atoms with Gasteiger partial charge in [0.25, 0.3) is 5.91 Å². The Bertz CT molecular complexity index is 890. The lowest BCUT2D eigenvalue weighted by Crippen LogP contribution is -2.30. The van der Waals surface area contributed by atoms with Gasteiger partial charge in [0.15, 0.2) is 10.8 Å². The first-order valence-corrected chi connectivity index (χ1v) is 9.56. The van der Waals surface area contributed by atoms with Gasteiger partial charge < -0.3 is 9.73 Å². The minimum atomic E-state index is -0.323. The van der Waals surface area contributed by atoms with Crippen molar-refractivity contribution in [1.82, 2.24) is 15.3 Å². The normalized spacial score (nSPS) is 11.1. The fourth-order valence-corrected chi connectivity index (χ4v) is 3.21. The van der Waals surface area contributed by atoms with Gasteiger partial charge in [-0.15, -0.1) is 11.3 Å². The number of nitrogens with one attached hydrogen (secondary N) is 1. The minimum Gasteiger partial charge on any atom is -0.437 e. The highest BCUT2D eigenvalue weighted by Gasteiger charge is 2.21. The van der Waals surface area contributed by atoms with Crippen molar-refractivity contribution in [3.05, 3.63) is 47.0 Å². The number of hydrogen-bond acceptors (Lipinski definition) is 5. The Hall–Kier alpha value is -2.06. The number of rotatable bonds is 5. The van der Waals surface area contributed by atoms with Gasteiger partial charge in [0.05, 0.1) is 5.33 Å². The zero-order valence-electron chi connectivity index (χ0n) is 13.5. The maximum atomic E-state index is 13.2. The van der Waals surface area contributed by atoms with Crippen LogP contribution in [-0.2, 0) is 5.33 Å². The molecule has 8 heteroatoms. The molecule has 0 unspecified atom stereocenters. The molecule has 2 aromatic heterocycles. The van der Waals surface area contributed by atoms with E-state index in [4.69, 9.17) is 4.42 Å². The van der Waals surface area contributed by atoms with Gasteiger partial charge in [-0.3, -0.25) is 4.79 Å². The van der Waals surface area contributed by atoms with Gasteiger partial charge in [0.1, 0.15) is 17.2 Å². The molecule has 0 saturated carbocycles. The SMILES string of the molecule is CC(C)NC(=O)c1csc(-c2oc(CBr)nc2-c2ccc(F)cc2)n1. The van der Waals surface area contributed by atoms with E-state index in [1.807, 2.05) is 13.8 Å².